The van der Waals surface area contributed by atoms with E-state index in [-0.39, 0.29) is 23.0 Å². The summed E-state index contributed by atoms with van der Waals surface area (Å²) in [6.45, 7) is -2.22. The van der Waals surface area contributed by atoms with Gasteiger partial charge in [-0.25, -0.2) is 5.14 Å². The van der Waals surface area contributed by atoms with Gasteiger partial charge in [0.2, 0.25) is 0 Å². The monoisotopic (exact) mass is 400 g/mol. The summed E-state index contributed by atoms with van der Waals surface area (Å²) in [7, 11) is -3.67. The van der Waals surface area contributed by atoms with E-state index in [0.717, 1.165) is 6.42 Å². The highest BCUT2D eigenvalue weighted by atomic mass is 32.2. The van der Waals surface area contributed by atoms with Gasteiger partial charge in [0.1, 0.15) is 5.75 Å². The Morgan fingerprint density at radius 1 is 1.30 bits per heavy atom. The van der Waals surface area contributed by atoms with Gasteiger partial charge in [-0.3, -0.25) is 0 Å². The van der Waals surface area contributed by atoms with E-state index >= 15 is 0 Å². The number of ether oxygens (including phenoxy) is 1. The fourth-order valence-corrected chi connectivity index (χ4v) is 4.47. The average molecular weight is 400 g/mol. The number of hydrogen-bond acceptors (Lipinski definition) is 6. The van der Waals surface area contributed by atoms with Gasteiger partial charge in [0.25, 0.3) is 16.1 Å². The molecule has 1 atom stereocenters. The molecular formula is C16H18F2N4O4S. The molecule has 11 heteroatoms. The molecule has 1 aromatic carbocycles. The lowest BCUT2D eigenvalue weighted by molar-refractivity contribution is -0.0495. The lowest BCUT2D eigenvalue weighted by atomic mass is 9.92. The standard InChI is InChI=1S/C16H18F2N4O4S/c17-15(18)25-12-4-2-1-3-10(12)14-20-13(21-26-14)11-9-16(11)5-7-22(8-6-16)27(19,23)24/h1-4,11,15H,5-9H2,(H2,19,23,24)/t11-/m0/s1. The Morgan fingerprint density at radius 2 is 2.00 bits per heavy atom. The van der Waals surface area contributed by atoms with Crippen molar-refractivity contribution in [3.05, 3.63) is 30.1 Å². The van der Waals surface area contributed by atoms with Gasteiger partial charge in [-0.1, -0.05) is 17.3 Å². The van der Waals surface area contributed by atoms with Crippen molar-refractivity contribution in [2.24, 2.45) is 10.6 Å². The molecule has 0 radical (unpaired) electrons. The zero-order valence-corrected chi connectivity index (χ0v) is 15.0. The van der Waals surface area contributed by atoms with Crippen LogP contribution in [0.5, 0.6) is 5.75 Å². The quantitative estimate of drug-likeness (QED) is 0.823. The van der Waals surface area contributed by atoms with Gasteiger partial charge in [-0.15, -0.1) is 0 Å². The number of piperidine rings is 1. The van der Waals surface area contributed by atoms with Crippen LogP contribution in [0.2, 0.25) is 0 Å². The third kappa shape index (κ3) is 3.54. The Hall–Kier alpha value is -2.11. The highest BCUT2D eigenvalue weighted by molar-refractivity contribution is 7.86. The number of benzene rings is 1. The maximum Gasteiger partial charge on any atom is 0.387 e. The number of rotatable bonds is 5. The van der Waals surface area contributed by atoms with Gasteiger partial charge < -0.3 is 9.26 Å². The van der Waals surface area contributed by atoms with Crippen molar-refractivity contribution in [3.63, 3.8) is 0 Å². The van der Waals surface area contributed by atoms with Crippen molar-refractivity contribution in [1.82, 2.24) is 14.4 Å². The summed E-state index contributed by atoms with van der Waals surface area (Å²) in [6.07, 6.45) is 2.17. The normalized spacial score (nSPS) is 22.3. The van der Waals surface area contributed by atoms with Crippen LogP contribution in [-0.2, 0) is 10.2 Å². The number of aromatic nitrogens is 2. The first-order valence-electron chi connectivity index (χ1n) is 8.44. The SMILES string of the molecule is NS(=O)(=O)N1CCC2(CC1)C[C@H]2c1noc(-c2ccccc2OC(F)F)n1. The molecule has 1 aliphatic heterocycles. The maximum atomic E-state index is 12.6. The molecule has 0 bridgehead atoms. The highest BCUT2D eigenvalue weighted by Crippen LogP contribution is 2.64. The van der Waals surface area contributed by atoms with E-state index in [1.165, 1.54) is 10.4 Å². The van der Waals surface area contributed by atoms with Gasteiger partial charge in [0.05, 0.1) is 5.56 Å². The summed E-state index contributed by atoms with van der Waals surface area (Å²) in [5.41, 5.74) is 0.247. The molecule has 2 heterocycles. The minimum absolute atomic E-state index is 0.0327. The van der Waals surface area contributed by atoms with E-state index in [1.54, 1.807) is 18.2 Å². The van der Waals surface area contributed by atoms with Crippen LogP contribution in [0.1, 0.15) is 31.0 Å². The summed E-state index contributed by atoms with van der Waals surface area (Å²) >= 11 is 0. The maximum absolute atomic E-state index is 12.6. The predicted octanol–water partition coefficient (Wildman–Crippen LogP) is 2.11. The van der Waals surface area contributed by atoms with Crippen molar-refractivity contribution >= 4 is 10.2 Å². The lowest BCUT2D eigenvalue weighted by Crippen LogP contribution is -2.43. The van der Waals surface area contributed by atoms with Crippen LogP contribution in [0.3, 0.4) is 0 Å². The van der Waals surface area contributed by atoms with E-state index in [4.69, 9.17) is 9.66 Å². The zero-order valence-electron chi connectivity index (χ0n) is 14.2. The summed E-state index contributed by atoms with van der Waals surface area (Å²) < 4.78 is 59.1. The fraction of sp³-hybridized carbons (Fsp3) is 0.500. The largest absolute Gasteiger partial charge is 0.434 e. The fourth-order valence-electron chi connectivity index (χ4n) is 3.78. The second kappa shape index (κ2) is 6.50. The molecule has 0 unspecified atom stereocenters. The molecule has 1 aromatic heterocycles. The van der Waals surface area contributed by atoms with Crippen LogP contribution < -0.4 is 9.88 Å². The van der Waals surface area contributed by atoms with Crippen LogP contribution in [-0.4, -0.2) is 42.6 Å². The van der Waals surface area contributed by atoms with Crippen molar-refractivity contribution in [1.29, 1.82) is 0 Å². The molecule has 2 aromatic rings. The molecule has 2 fully saturated rings. The second-order valence-electron chi connectivity index (χ2n) is 6.90. The van der Waals surface area contributed by atoms with Crippen LogP contribution in [0.15, 0.2) is 28.8 Å². The molecule has 2 aliphatic rings. The van der Waals surface area contributed by atoms with E-state index in [2.05, 4.69) is 14.9 Å². The molecule has 0 amide bonds. The predicted molar refractivity (Wildman–Crippen MR) is 90.1 cm³/mol. The first kappa shape index (κ1) is 18.3. The summed E-state index contributed by atoms with van der Waals surface area (Å²) in [5, 5.41) is 9.18. The van der Waals surface area contributed by atoms with E-state index in [0.29, 0.717) is 37.3 Å². The molecular weight excluding hydrogens is 382 g/mol. The molecule has 8 nitrogen and oxygen atoms in total. The Morgan fingerprint density at radius 3 is 2.67 bits per heavy atom. The van der Waals surface area contributed by atoms with Gasteiger partial charge in [-0.05, 0) is 36.8 Å². The van der Waals surface area contributed by atoms with E-state index in [9.17, 15) is 17.2 Å². The Bertz CT molecular complexity index is 941. The minimum atomic E-state index is -3.67. The third-order valence-corrected chi connectivity index (χ3v) is 6.44. The molecule has 146 valence electrons. The molecule has 1 saturated carbocycles. The first-order chi connectivity index (χ1) is 12.8. The molecule has 1 saturated heterocycles. The first-order valence-corrected chi connectivity index (χ1v) is 9.94. The van der Waals surface area contributed by atoms with Gasteiger partial charge in [0.15, 0.2) is 5.82 Å². The Labute approximate surface area is 154 Å². The van der Waals surface area contributed by atoms with Crippen LogP contribution in [0.4, 0.5) is 8.78 Å². The number of nitrogens with two attached hydrogens (primary N) is 1. The number of para-hydroxylation sites is 1. The smallest absolute Gasteiger partial charge is 0.387 e. The average Bonchev–Trinajstić information content (AvgIpc) is 3.08. The van der Waals surface area contributed by atoms with E-state index < -0.39 is 16.8 Å². The summed E-state index contributed by atoms with van der Waals surface area (Å²) in [6, 6.07) is 6.22. The summed E-state index contributed by atoms with van der Waals surface area (Å²) in [4.78, 5) is 4.37. The van der Waals surface area contributed by atoms with Gasteiger partial charge in [-0.2, -0.15) is 26.5 Å². The number of halogens is 2. The third-order valence-electron chi connectivity index (χ3n) is 5.35. The minimum Gasteiger partial charge on any atom is -0.434 e. The number of hydrogen-bond donors (Lipinski definition) is 1. The lowest BCUT2D eigenvalue weighted by Gasteiger charge is -2.30. The van der Waals surface area contributed by atoms with Gasteiger partial charge >= 0.3 is 6.61 Å². The van der Waals surface area contributed by atoms with Crippen LogP contribution in [0, 0.1) is 5.41 Å². The van der Waals surface area contributed by atoms with Crippen molar-refractivity contribution < 1.29 is 26.5 Å². The number of nitrogens with zero attached hydrogens (tertiary/aromatic N) is 3. The van der Waals surface area contributed by atoms with Gasteiger partial charge in [0, 0.05) is 19.0 Å². The zero-order chi connectivity index (χ0) is 19.2. The van der Waals surface area contributed by atoms with Crippen LogP contribution in [0.25, 0.3) is 11.5 Å². The number of alkyl halides is 2. The highest BCUT2D eigenvalue weighted by Gasteiger charge is 2.58. The molecule has 27 heavy (non-hydrogen) atoms. The molecule has 2 N–H and O–H groups in total. The summed E-state index contributed by atoms with van der Waals surface area (Å²) in [5.74, 6) is 0.640. The second-order valence-corrected chi connectivity index (χ2v) is 8.44. The molecule has 4 rings (SSSR count). The topological polar surface area (TPSA) is 112 Å². The van der Waals surface area contributed by atoms with Crippen LogP contribution >= 0.6 is 0 Å². The van der Waals surface area contributed by atoms with Crippen molar-refractivity contribution in [2.75, 3.05) is 13.1 Å². The molecule has 1 spiro atoms. The van der Waals surface area contributed by atoms with Crippen molar-refractivity contribution in [2.45, 2.75) is 31.8 Å². The van der Waals surface area contributed by atoms with E-state index in [1.807, 2.05) is 0 Å². The molecule has 1 aliphatic carbocycles. The van der Waals surface area contributed by atoms with Crippen molar-refractivity contribution in [3.8, 4) is 17.2 Å². The Balaban J connectivity index is 1.49. The Kier molecular flexibility index (Phi) is 4.40.